The fourth-order valence-corrected chi connectivity index (χ4v) is 2.30. The first-order chi connectivity index (χ1) is 12.6. The molecule has 0 aromatic heterocycles. The number of carbonyl (C=O) groups excluding carboxylic acids is 5. The summed E-state index contributed by atoms with van der Waals surface area (Å²) < 4.78 is 0. The summed E-state index contributed by atoms with van der Waals surface area (Å²) in [6.07, 6.45) is 2.33. The summed E-state index contributed by atoms with van der Waals surface area (Å²) in [6, 6.07) is -1.62. The van der Waals surface area contributed by atoms with Gasteiger partial charge in [-0.1, -0.05) is 13.8 Å². The number of hydrogen-bond donors (Lipinski definition) is 4. The van der Waals surface area contributed by atoms with Crippen LogP contribution in [-0.2, 0) is 24.0 Å². The van der Waals surface area contributed by atoms with Gasteiger partial charge in [-0.25, -0.2) is 0 Å². The largest absolute Gasteiger partial charge is 0.348 e. The summed E-state index contributed by atoms with van der Waals surface area (Å²) in [5.41, 5.74) is 0. The fraction of sp³-hybridized carbons (Fsp3) is 0.706. The molecule has 0 spiro atoms. The number of rotatable bonds is 12. The topological polar surface area (TPSA) is 133 Å². The standard InChI is InChI=1S/C17H30N4O5S/c1-10(2)15(24)21-13(6-7-27-5)17(26)20-12(4)16(25)19-9-14(23)18-8-11(3)22/h10,12-13H,6-9H2,1-5H3,(H,18,23)(H,19,25)(H,20,26)(H,21,24)/t12-,13-/m0/s1. The zero-order valence-corrected chi connectivity index (χ0v) is 17.3. The van der Waals surface area contributed by atoms with Gasteiger partial charge in [0.1, 0.15) is 17.9 Å². The molecule has 0 saturated heterocycles. The Kier molecular flexibility index (Phi) is 12.1. The van der Waals surface area contributed by atoms with E-state index in [-0.39, 0.29) is 30.7 Å². The van der Waals surface area contributed by atoms with Crippen LogP contribution < -0.4 is 21.3 Å². The van der Waals surface area contributed by atoms with Crippen LogP contribution in [-0.4, -0.2) is 66.6 Å². The molecule has 0 aromatic carbocycles. The van der Waals surface area contributed by atoms with Crippen molar-refractivity contribution in [3.05, 3.63) is 0 Å². The third-order valence-electron chi connectivity index (χ3n) is 3.48. The average Bonchev–Trinajstić information content (AvgIpc) is 2.60. The van der Waals surface area contributed by atoms with E-state index in [0.29, 0.717) is 12.2 Å². The van der Waals surface area contributed by atoms with E-state index in [2.05, 4.69) is 21.3 Å². The summed E-state index contributed by atoms with van der Waals surface area (Å²) in [5.74, 6) is -1.52. The molecule has 0 heterocycles. The van der Waals surface area contributed by atoms with Crippen molar-refractivity contribution in [3.8, 4) is 0 Å². The Labute approximate surface area is 164 Å². The minimum absolute atomic E-state index is 0.104. The molecule has 0 aromatic rings. The maximum Gasteiger partial charge on any atom is 0.243 e. The highest BCUT2D eigenvalue weighted by atomic mass is 32.2. The summed E-state index contributed by atoms with van der Waals surface area (Å²) in [7, 11) is 0. The maximum absolute atomic E-state index is 12.4. The number of nitrogens with one attached hydrogen (secondary N) is 4. The Bertz CT molecular complexity index is 553. The van der Waals surface area contributed by atoms with Crippen molar-refractivity contribution in [2.24, 2.45) is 5.92 Å². The second kappa shape index (κ2) is 13.1. The Hall–Kier alpha value is -2.10. The molecule has 4 N–H and O–H groups in total. The van der Waals surface area contributed by atoms with Crippen molar-refractivity contribution >= 4 is 41.2 Å². The predicted molar refractivity (Wildman–Crippen MR) is 104 cm³/mol. The molecule has 27 heavy (non-hydrogen) atoms. The van der Waals surface area contributed by atoms with Crippen LogP contribution in [0.1, 0.15) is 34.1 Å². The van der Waals surface area contributed by atoms with Gasteiger partial charge in [-0.3, -0.25) is 24.0 Å². The first-order valence-corrected chi connectivity index (χ1v) is 10.1. The summed E-state index contributed by atoms with van der Waals surface area (Å²) in [5, 5.41) is 9.96. The van der Waals surface area contributed by atoms with Gasteiger partial charge in [-0.05, 0) is 32.3 Å². The van der Waals surface area contributed by atoms with Crippen molar-refractivity contribution < 1.29 is 24.0 Å². The smallest absolute Gasteiger partial charge is 0.243 e. The Morgan fingerprint density at radius 3 is 2.00 bits per heavy atom. The summed E-state index contributed by atoms with van der Waals surface area (Å²) in [4.78, 5) is 58.6. The molecule has 0 unspecified atom stereocenters. The second-order valence-corrected chi connectivity index (χ2v) is 7.41. The van der Waals surface area contributed by atoms with Crippen LogP contribution >= 0.6 is 11.8 Å². The lowest BCUT2D eigenvalue weighted by molar-refractivity contribution is -0.133. The van der Waals surface area contributed by atoms with Gasteiger partial charge in [0.25, 0.3) is 0 Å². The van der Waals surface area contributed by atoms with Crippen molar-refractivity contribution in [3.63, 3.8) is 0 Å². The third kappa shape index (κ3) is 11.3. The molecule has 9 nitrogen and oxygen atoms in total. The molecule has 0 radical (unpaired) electrons. The van der Waals surface area contributed by atoms with E-state index >= 15 is 0 Å². The number of thioether (sulfide) groups is 1. The van der Waals surface area contributed by atoms with Crippen LogP contribution in [0.5, 0.6) is 0 Å². The quantitative estimate of drug-likeness (QED) is 0.338. The Morgan fingerprint density at radius 2 is 1.48 bits per heavy atom. The van der Waals surface area contributed by atoms with Gasteiger partial charge < -0.3 is 21.3 Å². The van der Waals surface area contributed by atoms with Gasteiger partial charge in [0.15, 0.2) is 0 Å². The molecular formula is C17H30N4O5S. The Morgan fingerprint density at radius 1 is 0.852 bits per heavy atom. The number of carbonyl (C=O) groups is 5. The lowest BCUT2D eigenvalue weighted by Gasteiger charge is -2.21. The van der Waals surface area contributed by atoms with Crippen molar-refractivity contribution in [2.75, 3.05) is 25.1 Å². The number of hydrogen-bond acceptors (Lipinski definition) is 6. The van der Waals surface area contributed by atoms with Crippen molar-refractivity contribution in [1.29, 1.82) is 0 Å². The van der Waals surface area contributed by atoms with Crippen molar-refractivity contribution in [1.82, 2.24) is 21.3 Å². The monoisotopic (exact) mass is 402 g/mol. The molecule has 0 fully saturated rings. The van der Waals surface area contributed by atoms with Crippen LogP contribution in [0.2, 0.25) is 0 Å². The number of Topliss-reactive ketones (excluding diaryl/α,β-unsaturated/α-hetero) is 1. The average molecular weight is 403 g/mol. The highest BCUT2D eigenvalue weighted by molar-refractivity contribution is 7.98. The van der Waals surface area contributed by atoms with Gasteiger partial charge in [0.05, 0.1) is 13.1 Å². The molecule has 0 aliphatic rings. The van der Waals surface area contributed by atoms with Crippen LogP contribution in [0.3, 0.4) is 0 Å². The van der Waals surface area contributed by atoms with E-state index in [4.69, 9.17) is 0 Å². The van der Waals surface area contributed by atoms with Crippen LogP contribution in [0.15, 0.2) is 0 Å². The van der Waals surface area contributed by atoms with Crippen LogP contribution in [0.25, 0.3) is 0 Å². The first-order valence-electron chi connectivity index (χ1n) is 8.72. The second-order valence-electron chi connectivity index (χ2n) is 6.42. The zero-order chi connectivity index (χ0) is 21.0. The normalized spacial score (nSPS) is 12.7. The van der Waals surface area contributed by atoms with Gasteiger partial charge in [0.2, 0.25) is 23.6 Å². The van der Waals surface area contributed by atoms with Gasteiger partial charge >= 0.3 is 0 Å². The molecule has 154 valence electrons. The third-order valence-corrected chi connectivity index (χ3v) is 4.12. The molecule has 2 atom stereocenters. The summed E-state index contributed by atoms with van der Waals surface area (Å²) in [6.45, 7) is 5.87. The highest BCUT2D eigenvalue weighted by Gasteiger charge is 2.25. The molecule has 0 aliphatic carbocycles. The summed E-state index contributed by atoms with van der Waals surface area (Å²) >= 11 is 1.55. The molecule has 0 rings (SSSR count). The number of amides is 4. The lowest BCUT2D eigenvalue weighted by atomic mass is 10.1. The van der Waals surface area contributed by atoms with Gasteiger partial charge in [-0.2, -0.15) is 11.8 Å². The van der Waals surface area contributed by atoms with E-state index in [1.807, 2.05) is 6.26 Å². The minimum Gasteiger partial charge on any atom is -0.348 e. The molecule has 0 aliphatic heterocycles. The van der Waals surface area contributed by atoms with E-state index < -0.39 is 29.8 Å². The van der Waals surface area contributed by atoms with E-state index in [0.717, 1.165) is 0 Å². The van der Waals surface area contributed by atoms with Crippen LogP contribution in [0, 0.1) is 5.92 Å². The Balaban J connectivity index is 4.58. The maximum atomic E-state index is 12.4. The molecule has 0 saturated carbocycles. The predicted octanol–water partition coefficient (Wildman–Crippen LogP) is -0.794. The highest BCUT2D eigenvalue weighted by Crippen LogP contribution is 2.03. The van der Waals surface area contributed by atoms with Crippen molar-refractivity contribution in [2.45, 2.75) is 46.2 Å². The van der Waals surface area contributed by atoms with Crippen LogP contribution in [0.4, 0.5) is 0 Å². The van der Waals surface area contributed by atoms with E-state index in [1.165, 1.54) is 13.8 Å². The van der Waals surface area contributed by atoms with E-state index in [1.54, 1.807) is 25.6 Å². The molecule has 0 bridgehead atoms. The van der Waals surface area contributed by atoms with Gasteiger partial charge in [0, 0.05) is 5.92 Å². The number of ketones is 1. The SMILES string of the molecule is CSCC[C@H](NC(=O)C(C)C)C(=O)N[C@@H](C)C(=O)NCC(=O)NCC(C)=O. The molecule has 10 heteroatoms. The zero-order valence-electron chi connectivity index (χ0n) is 16.5. The van der Waals surface area contributed by atoms with Gasteiger partial charge in [-0.15, -0.1) is 0 Å². The fourth-order valence-electron chi connectivity index (χ4n) is 1.83. The lowest BCUT2D eigenvalue weighted by Crippen LogP contribution is -2.54. The van der Waals surface area contributed by atoms with E-state index in [9.17, 15) is 24.0 Å². The molecule has 4 amide bonds. The minimum atomic E-state index is -0.883. The first kappa shape index (κ1) is 24.9. The molecular weight excluding hydrogens is 372 g/mol.